The number of benzene rings is 1. The van der Waals surface area contributed by atoms with Crippen molar-refractivity contribution in [3.05, 3.63) is 30.1 Å². The van der Waals surface area contributed by atoms with Crippen LogP contribution in [0.15, 0.2) is 24.3 Å². The maximum absolute atomic E-state index is 12.0. The zero-order valence-corrected chi connectivity index (χ0v) is 11.0. The monoisotopic (exact) mass is 276 g/mol. The van der Waals surface area contributed by atoms with Crippen molar-refractivity contribution < 1.29 is 9.53 Å². The minimum absolute atomic E-state index is 0.224. The number of aromatic nitrogens is 2. The number of nitrogens with one attached hydrogen (secondary N) is 2. The third-order valence-electron chi connectivity index (χ3n) is 2.68. The molecule has 1 aromatic heterocycles. The number of rotatable bonds is 2. The van der Waals surface area contributed by atoms with Crippen molar-refractivity contribution in [2.75, 3.05) is 17.2 Å². The van der Waals surface area contributed by atoms with Crippen LogP contribution in [0.25, 0.3) is 0 Å². The number of hydrogen-bond donors (Lipinski definition) is 2. The molecular weight excluding hydrogens is 264 g/mol. The Bertz CT molecular complexity index is 613. The second-order valence-electron chi connectivity index (χ2n) is 4.12. The molecule has 3 rings (SSSR count). The summed E-state index contributed by atoms with van der Waals surface area (Å²) in [5.41, 5.74) is 0.901. The summed E-state index contributed by atoms with van der Waals surface area (Å²) < 4.78 is 9.66. The van der Waals surface area contributed by atoms with E-state index in [2.05, 4.69) is 20.0 Å². The van der Waals surface area contributed by atoms with Crippen molar-refractivity contribution in [3.8, 4) is 5.75 Å². The Balaban J connectivity index is 1.69. The maximum Gasteiger partial charge on any atom is 0.269 e. The molecule has 0 saturated carbocycles. The molecule has 1 unspecified atom stereocenters. The van der Waals surface area contributed by atoms with Crippen LogP contribution in [-0.4, -0.2) is 27.9 Å². The summed E-state index contributed by atoms with van der Waals surface area (Å²) in [5, 5.41) is 6.36. The summed E-state index contributed by atoms with van der Waals surface area (Å²) >= 11 is 1.16. The molecule has 1 aliphatic rings. The van der Waals surface area contributed by atoms with Crippen LogP contribution in [0.4, 0.5) is 10.8 Å². The number of carbonyl (C=O) groups excluding carboxylic acids is 1. The molecule has 0 radical (unpaired) electrons. The molecule has 98 valence electrons. The molecule has 0 saturated heterocycles. The molecule has 0 aliphatic carbocycles. The summed E-state index contributed by atoms with van der Waals surface area (Å²) in [5.74, 6) is 1.11. The number of carbonyl (C=O) groups is 1. The quantitative estimate of drug-likeness (QED) is 0.872. The van der Waals surface area contributed by atoms with Gasteiger partial charge in [-0.15, -0.1) is 0 Å². The fourth-order valence-corrected chi connectivity index (χ4v) is 2.37. The second kappa shape index (κ2) is 4.85. The van der Waals surface area contributed by atoms with Crippen LogP contribution in [0.2, 0.25) is 0 Å². The van der Waals surface area contributed by atoms with E-state index in [9.17, 15) is 4.79 Å². The summed E-state index contributed by atoms with van der Waals surface area (Å²) in [7, 11) is 0. The Morgan fingerprint density at radius 2 is 2.37 bits per heavy atom. The van der Waals surface area contributed by atoms with Crippen LogP contribution in [0.1, 0.15) is 5.82 Å². The fraction of sp³-hybridized carbons (Fsp3) is 0.250. The van der Waals surface area contributed by atoms with E-state index >= 15 is 0 Å². The highest BCUT2D eigenvalue weighted by Crippen LogP contribution is 2.28. The summed E-state index contributed by atoms with van der Waals surface area (Å²) in [6, 6.07) is 7.53. The van der Waals surface area contributed by atoms with Crippen molar-refractivity contribution >= 4 is 28.3 Å². The summed E-state index contributed by atoms with van der Waals surface area (Å²) in [6.07, 6.45) is -0.570. The second-order valence-corrected chi connectivity index (χ2v) is 4.87. The average molecular weight is 276 g/mol. The Labute approximate surface area is 114 Å². The zero-order chi connectivity index (χ0) is 13.2. The fourth-order valence-electron chi connectivity index (χ4n) is 1.79. The Morgan fingerprint density at radius 1 is 1.53 bits per heavy atom. The van der Waals surface area contributed by atoms with E-state index in [4.69, 9.17) is 4.74 Å². The van der Waals surface area contributed by atoms with Crippen molar-refractivity contribution in [3.63, 3.8) is 0 Å². The first-order chi connectivity index (χ1) is 9.22. The van der Waals surface area contributed by atoms with Crippen molar-refractivity contribution in [1.29, 1.82) is 0 Å². The van der Waals surface area contributed by atoms with E-state index in [1.54, 1.807) is 6.92 Å². The normalized spacial score (nSPS) is 17.0. The van der Waals surface area contributed by atoms with Crippen LogP contribution < -0.4 is 15.4 Å². The molecule has 2 aromatic rings. The number of para-hydroxylation sites is 2. The Morgan fingerprint density at radius 3 is 3.16 bits per heavy atom. The van der Waals surface area contributed by atoms with Gasteiger partial charge in [-0.1, -0.05) is 12.1 Å². The highest BCUT2D eigenvalue weighted by molar-refractivity contribution is 7.09. The largest absolute Gasteiger partial charge is 0.477 e. The summed E-state index contributed by atoms with van der Waals surface area (Å²) in [6.45, 7) is 2.21. The van der Waals surface area contributed by atoms with E-state index < -0.39 is 6.10 Å². The number of amides is 1. The average Bonchev–Trinajstić information content (AvgIpc) is 2.83. The molecule has 0 fully saturated rings. The number of aryl methyl sites for hydroxylation is 1. The van der Waals surface area contributed by atoms with Gasteiger partial charge in [-0.3, -0.25) is 10.1 Å². The molecule has 2 N–H and O–H groups in total. The molecule has 2 heterocycles. The van der Waals surface area contributed by atoms with Crippen molar-refractivity contribution in [2.45, 2.75) is 13.0 Å². The molecule has 1 aliphatic heterocycles. The maximum atomic E-state index is 12.0. The molecule has 1 atom stereocenters. The van der Waals surface area contributed by atoms with Crippen LogP contribution >= 0.6 is 11.5 Å². The van der Waals surface area contributed by atoms with Gasteiger partial charge in [0, 0.05) is 11.5 Å². The third-order valence-corrected chi connectivity index (χ3v) is 3.41. The van der Waals surface area contributed by atoms with Crippen LogP contribution in [0, 0.1) is 6.92 Å². The first-order valence-electron chi connectivity index (χ1n) is 5.83. The topological polar surface area (TPSA) is 76.1 Å². The number of nitrogens with zero attached hydrogens (tertiary/aromatic N) is 2. The minimum Gasteiger partial charge on any atom is -0.477 e. The van der Waals surface area contributed by atoms with E-state index in [1.807, 2.05) is 24.3 Å². The number of ether oxygens (including phenoxy) is 1. The van der Waals surface area contributed by atoms with Gasteiger partial charge in [0.15, 0.2) is 6.10 Å². The van der Waals surface area contributed by atoms with Gasteiger partial charge in [0.05, 0.1) is 12.2 Å². The predicted molar refractivity (Wildman–Crippen MR) is 72.6 cm³/mol. The van der Waals surface area contributed by atoms with Gasteiger partial charge in [0.25, 0.3) is 5.91 Å². The first kappa shape index (κ1) is 11.9. The molecule has 1 aromatic carbocycles. The lowest BCUT2D eigenvalue weighted by Gasteiger charge is -2.25. The van der Waals surface area contributed by atoms with Crippen LogP contribution in [0.5, 0.6) is 5.75 Å². The lowest BCUT2D eigenvalue weighted by Crippen LogP contribution is -2.41. The highest BCUT2D eigenvalue weighted by atomic mass is 32.1. The van der Waals surface area contributed by atoms with Crippen molar-refractivity contribution in [2.24, 2.45) is 0 Å². The third kappa shape index (κ3) is 2.50. The molecular formula is C12H12N4O2S. The van der Waals surface area contributed by atoms with Gasteiger partial charge in [0.1, 0.15) is 11.6 Å². The van der Waals surface area contributed by atoms with Gasteiger partial charge in [-0.2, -0.15) is 4.37 Å². The Hall–Kier alpha value is -2.15. The first-order valence-corrected chi connectivity index (χ1v) is 6.60. The van der Waals surface area contributed by atoms with Crippen molar-refractivity contribution in [1.82, 2.24) is 9.36 Å². The molecule has 6 nitrogen and oxygen atoms in total. The van der Waals surface area contributed by atoms with Gasteiger partial charge < -0.3 is 10.1 Å². The van der Waals surface area contributed by atoms with Gasteiger partial charge in [-0.05, 0) is 19.1 Å². The lowest BCUT2D eigenvalue weighted by molar-refractivity contribution is -0.122. The smallest absolute Gasteiger partial charge is 0.269 e. The van der Waals surface area contributed by atoms with Gasteiger partial charge >= 0.3 is 0 Å². The molecule has 19 heavy (non-hydrogen) atoms. The van der Waals surface area contributed by atoms with E-state index in [1.165, 1.54) is 0 Å². The highest BCUT2D eigenvalue weighted by Gasteiger charge is 2.26. The lowest BCUT2D eigenvalue weighted by atomic mass is 10.2. The Kier molecular flexibility index (Phi) is 3.04. The molecule has 0 bridgehead atoms. The number of hydrogen-bond acceptors (Lipinski definition) is 6. The number of anilines is 2. The van der Waals surface area contributed by atoms with Crippen LogP contribution in [0.3, 0.4) is 0 Å². The van der Waals surface area contributed by atoms with E-state index in [-0.39, 0.29) is 5.91 Å². The SMILES string of the molecule is Cc1nsc(NC(=O)C2CNc3ccccc3O2)n1. The predicted octanol–water partition coefficient (Wildman–Crippen LogP) is 1.66. The minimum atomic E-state index is -0.570. The number of fused-ring (bicyclic) bond motifs is 1. The van der Waals surface area contributed by atoms with Crippen LogP contribution in [-0.2, 0) is 4.79 Å². The molecule has 7 heteroatoms. The van der Waals surface area contributed by atoms with E-state index in [0.29, 0.717) is 23.3 Å². The van der Waals surface area contributed by atoms with Gasteiger partial charge in [0.2, 0.25) is 5.13 Å². The summed E-state index contributed by atoms with van der Waals surface area (Å²) in [4.78, 5) is 16.1. The molecule has 1 amide bonds. The van der Waals surface area contributed by atoms with E-state index in [0.717, 1.165) is 17.2 Å². The molecule has 0 spiro atoms. The standard InChI is InChI=1S/C12H12N4O2S/c1-7-14-12(19-16-7)15-11(17)10-6-13-8-4-2-3-5-9(8)18-10/h2-5,10,13H,6H2,1H3,(H,14,15,16,17). The van der Waals surface area contributed by atoms with Gasteiger partial charge in [-0.25, -0.2) is 4.98 Å². The zero-order valence-electron chi connectivity index (χ0n) is 10.2.